The monoisotopic (exact) mass is 266 g/mol. The molecule has 0 amide bonds. The van der Waals surface area contributed by atoms with Gasteiger partial charge in [-0.3, -0.25) is 4.90 Å². The normalized spacial score (nSPS) is 37.6. The zero-order valence-corrected chi connectivity index (χ0v) is 13.4. The van der Waals surface area contributed by atoms with E-state index in [2.05, 4.69) is 25.7 Å². The third kappa shape index (κ3) is 3.52. The van der Waals surface area contributed by atoms with Crippen LogP contribution in [0, 0.1) is 5.41 Å². The van der Waals surface area contributed by atoms with Gasteiger partial charge in [0, 0.05) is 18.1 Å². The molecule has 1 aliphatic heterocycles. The summed E-state index contributed by atoms with van der Waals surface area (Å²) in [5.74, 6) is 0. The van der Waals surface area contributed by atoms with Crippen molar-refractivity contribution in [1.82, 2.24) is 4.90 Å². The fourth-order valence-electron chi connectivity index (χ4n) is 4.31. The second-order valence-corrected chi connectivity index (χ2v) is 7.84. The summed E-state index contributed by atoms with van der Waals surface area (Å²) in [4.78, 5) is 2.81. The van der Waals surface area contributed by atoms with Crippen LogP contribution in [0.25, 0.3) is 0 Å². The van der Waals surface area contributed by atoms with Crippen LogP contribution in [-0.4, -0.2) is 29.6 Å². The average molecular weight is 266 g/mol. The minimum Gasteiger partial charge on any atom is -0.329 e. The number of hydrogen-bond acceptors (Lipinski definition) is 2. The summed E-state index contributed by atoms with van der Waals surface area (Å²) in [7, 11) is 0. The van der Waals surface area contributed by atoms with Gasteiger partial charge in [0.1, 0.15) is 0 Å². The minimum absolute atomic E-state index is 0.303. The lowest BCUT2D eigenvalue weighted by Gasteiger charge is -2.46. The predicted octanol–water partition coefficient (Wildman–Crippen LogP) is 3.94. The molecule has 2 heteroatoms. The van der Waals surface area contributed by atoms with Crippen molar-refractivity contribution in [2.45, 2.75) is 90.1 Å². The van der Waals surface area contributed by atoms with Gasteiger partial charge in [-0.25, -0.2) is 0 Å². The number of rotatable bonds is 2. The number of nitrogens with zero attached hydrogens (tertiary/aromatic N) is 1. The third-order valence-electron chi connectivity index (χ3n) is 5.81. The molecule has 2 aliphatic rings. The highest BCUT2D eigenvalue weighted by Gasteiger charge is 2.41. The summed E-state index contributed by atoms with van der Waals surface area (Å²) >= 11 is 0. The summed E-state index contributed by atoms with van der Waals surface area (Å²) in [6.45, 7) is 9.43. The molecule has 2 fully saturated rings. The first-order chi connectivity index (χ1) is 8.99. The highest BCUT2D eigenvalue weighted by molar-refractivity contribution is 4.98. The van der Waals surface area contributed by atoms with E-state index in [-0.39, 0.29) is 0 Å². The summed E-state index contributed by atoms with van der Waals surface area (Å²) in [6, 6.07) is 0.729. The molecule has 2 atom stereocenters. The highest BCUT2D eigenvalue weighted by atomic mass is 15.2. The number of likely N-dealkylation sites (tertiary alicyclic amines) is 1. The van der Waals surface area contributed by atoms with Gasteiger partial charge in [-0.2, -0.15) is 0 Å². The zero-order chi connectivity index (χ0) is 13.9. The second-order valence-electron chi connectivity index (χ2n) is 7.84. The molecule has 0 aromatic rings. The summed E-state index contributed by atoms with van der Waals surface area (Å²) in [5, 5.41) is 0. The Labute approximate surface area is 120 Å². The van der Waals surface area contributed by atoms with E-state index in [0.29, 0.717) is 11.0 Å². The quantitative estimate of drug-likeness (QED) is 0.767. The first-order valence-corrected chi connectivity index (χ1v) is 8.46. The van der Waals surface area contributed by atoms with Gasteiger partial charge in [0.2, 0.25) is 0 Å². The highest BCUT2D eigenvalue weighted by Crippen LogP contribution is 2.42. The molecule has 1 saturated heterocycles. The molecule has 112 valence electrons. The van der Waals surface area contributed by atoms with Crippen molar-refractivity contribution in [2.24, 2.45) is 11.1 Å². The van der Waals surface area contributed by atoms with Gasteiger partial charge in [-0.15, -0.1) is 0 Å². The van der Waals surface area contributed by atoms with Crippen molar-refractivity contribution in [3.8, 4) is 0 Å². The van der Waals surface area contributed by atoms with Crippen LogP contribution in [0.2, 0.25) is 0 Å². The molecule has 1 heterocycles. The van der Waals surface area contributed by atoms with Crippen molar-refractivity contribution in [2.75, 3.05) is 13.1 Å². The van der Waals surface area contributed by atoms with Crippen LogP contribution in [0.4, 0.5) is 0 Å². The van der Waals surface area contributed by atoms with E-state index in [0.717, 1.165) is 12.6 Å². The molecule has 0 aromatic carbocycles. The Morgan fingerprint density at radius 2 is 1.79 bits per heavy atom. The Bertz CT molecular complexity index is 287. The first kappa shape index (κ1) is 15.3. The molecule has 1 saturated carbocycles. The minimum atomic E-state index is 0.303. The van der Waals surface area contributed by atoms with E-state index in [1.807, 2.05) is 0 Å². The van der Waals surface area contributed by atoms with Gasteiger partial charge in [0.15, 0.2) is 0 Å². The van der Waals surface area contributed by atoms with Crippen molar-refractivity contribution >= 4 is 0 Å². The lowest BCUT2D eigenvalue weighted by molar-refractivity contribution is 0.0417. The van der Waals surface area contributed by atoms with Crippen molar-refractivity contribution in [3.63, 3.8) is 0 Å². The van der Waals surface area contributed by atoms with E-state index in [1.165, 1.54) is 64.3 Å². The molecule has 0 spiro atoms. The van der Waals surface area contributed by atoms with Crippen molar-refractivity contribution in [1.29, 1.82) is 0 Å². The van der Waals surface area contributed by atoms with Crippen LogP contribution in [0.1, 0.15) is 78.6 Å². The summed E-state index contributed by atoms with van der Waals surface area (Å²) < 4.78 is 0. The molecule has 2 rings (SSSR count). The molecule has 0 radical (unpaired) electrons. The molecule has 2 nitrogen and oxygen atoms in total. The maximum absolute atomic E-state index is 6.30. The fourth-order valence-corrected chi connectivity index (χ4v) is 4.31. The van der Waals surface area contributed by atoms with E-state index in [9.17, 15) is 0 Å². The molecule has 1 aliphatic carbocycles. The Morgan fingerprint density at radius 1 is 1.00 bits per heavy atom. The Morgan fingerprint density at radius 3 is 2.53 bits per heavy atom. The van der Waals surface area contributed by atoms with E-state index in [4.69, 9.17) is 5.73 Å². The smallest absolute Gasteiger partial charge is 0.0334 e. The van der Waals surface area contributed by atoms with Gasteiger partial charge >= 0.3 is 0 Å². The lowest BCUT2D eigenvalue weighted by Crippen LogP contribution is -2.57. The average Bonchev–Trinajstić information content (AvgIpc) is 2.67. The first-order valence-electron chi connectivity index (χ1n) is 8.46. The third-order valence-corrected chi connectivity index (χ3v) is 5.81. The van der Waals surface area contributed by atoms with Gasteiger partial charge < -0.3 is 5.73 Å². The molecular formula is C17H34N2. The van der Waals surface area contributed by atoms with Gasteiger partial charge in [-0.05, 0) is 57.4 Å². The van der Waals surface area contributed by atoms with Crippen LogP contribution < -0.4 is 5.73 Å². The molecule has 0 aromatic heterocycles. The van der Waals surface area contributed by atoms with Crippen LogP contribution in [0.5, 0.6) is 0 Å². The number of nitrogens with two attached hydrogens (primary N) is 1. The van der Waals surface area contributed by atoms with Gasteiger partial charge in [0.25, 0.3) is 0 Å². The molecule has 2 N–H and O–H groups in total. The maximum atomic E-state index is 6.30. The van der Waals surface area contributed by atoms with Gasteiger partial charge in [0.05, 0.1) is 0 Å². The van der Waals surface area contributed by atoms with E-state index >= 15 is 0 Å². The Balaban J connectivity index is 2.15. The Kier molecular flexibility index (Phi) is 4.94. The fraction of sp³-hybridized carbons (Fsp3) is 1.00. The molecule has 2 unspecified atom stereocenters. The second kappa shape index (κ2) is 6.13. The Hall–Kier alpha value is -0.0800. The molecular weight excluding hydrogens is 232 g/mol. The van der Waals surface area contributed by atoms with E-state index in [1.54, 1.807) is 0 Å². The predicted molar refractivity (Wildman–Crippen MR) is 83.3 cm³/mol. The van der Waals surface area contributed by atoms with Crippen LogP contribution in [0.15, 0.2) is 0 Å². The standard InChI is InChI=1S/C17H34N2/c1-15-8-5-4-6-13-19(15)17(14-18)10-7-9-16(2,3)11-12-17/h15H,4-14,18H2,1-3H3. The van der Waals surface area contributed by atoms with Crippen molar-refractivity contribution in [3.05, 3.63) is 0 Å². The lowest BCUT2D eigenvalue weighted by atomic mass is 9.82. The molecule has 0 bridgehead atoms. The largest absolute Gasteiger partial charge is 0.329 e. The summed E-state index contributed by atoms with van der Waals surface area (Å²) in [5.41, 5.74) is 7.12. The van der Waals surface area contributed by atoms with Crippen LogP contribution in [0.3, 0.4) is 0 Å². The summed E-state index contributed by atoms with van der Waals surface area (Å²) in [6.07, 6.45) is 12.2. The van der Waals surface area contributed by atoms with Gasteiger partial charge in [-0.1, -0.05) is 33.1 Å². The SMILES string of the molecule is CC1CCCCCN1C1(CN)CCCC(C)(C)CC1. The number of hydrogen-bond donors (Lipinski definition) is 1. The zero-order valence-electron chi connectivity index (χ0n) is 13.4. The topological polar surface area (TPSA) is 29.3 Å². The maximum Gasteiger partial charge on any atom is 0.0334 e. The van der Waals surface area contributed by atoms with Crippen molar-refractivity contribution < 1.29 is 0 Å². The van der Waals surface area contributed by atoms with E-state index < -0.39 is 0 Å². The van der Waals surface area contributed by atoms with Crippen LogP contribution in [-0.2, 0) is 0 Å². The molecule has 19 heavy (non-hydrogen) atoms. The van der Waals surface area contributed by atoms with Crippen LogP contribution >= 0.6 is 0 Å².